The predicted octanol–water partition coefficient (Wildman–Crippen LogP) is 6.56. The minimum absolute atomic E-state index is 0.0191. The number of anilines is 1. The average molecular weight is 655 g/mol. The Morgan fingerprint density at radius 1 is 1.02 bits per heavy atom. The van der Waals surface area contributed by atoms with Crippen molar-refractivity contribution < 1.29 is 38.4 Å². The molecule has 2 atom stereocenters. The van der Waals surface area contributed by atoms with Crippen LogP contribution in [0.2, 0.25) is 0 Å². The lowest BCUT2D eigenvalue weighted by atomic mass is 9.94. The van der Waals surface area contributed by atoms with Crippen molar-refractivity contribution in [2.75, 3.05) is 18.1 Å². The lowest BCUT2D eigenvalue weighted by molar-refractivity contribution is -0.132. The first-order valence-electron chi connectivity index (χ1n) is 15.4. The molecule has 4 aromatic rings. The minimum Gasteiger partial charge on any atom is -0.507 e. The number of aromatic nitrogens is 1. The molecule has 1 fully saturated rings. The largest absolute Gasteiger partial charge is 0.507 e. The van der Waals surface area contributed by atoms with Crippen LogP contribution >= 0.6 is 11.3 Å². The maximum absolute atomic E-state index is 13.8. The standard InChI is InChI=1S/C36H34N2O8S/c1-5-43-28-18-23(12-15-27(28)45-19-22-10-8-7-9-11-22)30-29(31(39)24-13-14-26-25(17-24)16-20(3)46-26)32(40)34(41)38(30)36-37-21(4)33(47-36)35(42)44-6-2/h7-15,17-18,20,30,39H,5-6,16,19H2,1-4H3/t20-,30+/m0/s1. The number of aliphatic hydroxyl groups is 1. The Labute approximate surface area is 276 Å². The van der Waals surface area contributed by atoms with Crippen LogP contribution in [0.4, 0.5) is 5.13 Å². The molecule has 0 unspecified atom stereocenters. The van der Waals surface area contributed by atoms with E-state index in [1.165, 1.54) is 4.90 Å². The number of aliphatic hydroxyl groups excluding tert-OH is 1. The first-order valence-corrected chi connectivity index (χ1v) is 16.2. The molecule has 0 aliphatic carbocycles. The number of ether oxygens (including phenoxy) is 4. The molecule has 242 valence electrons. The molecule has 3 heterocycles. The summed E-state index contributed by atoms with van der Waals surface area (Å²) in [5.41, 5.74) is 2.95. The van der Waals surface area contributed by atoms with Gasteiger partial charge in [-0.25, -0.2) is 9.78 Å². The van der Waals surface area contributed by atoms with Crippen LogP contribution in [0, 0.1) is 6.92 Å². The molecule has 2 aliphatic rings. The van der Waals surface area contributed by atoms with Crippen molar-refractivity contribution in [1.29, 1.82) is 0 Å². The van der Waals surface area contributed by atoms with E-state index in [2.05, 4.69) is 4.98 Å². The summed E-state index contributed by atoms with van der Waals surface area (Å²) in [6.45, 7) is 7.92. The Hall–Kier alpha value is -5.16. The predicted molar refractivity (Wildman–Crippen MR) is 176 cm³/mol. The number of aryl methyl sites for hydroxylation is 1. The van der Waals surface area contributed by atoms with Crippen LogP contribution in [0.5, 0.6) is 17.2 Å². The topological polar surface area (TPSA) is 124 Å². The fourth-order valence-electron chi connectivity index (χ4n) is 5.76. The van der Waals surface area contributed by atoms with Gasteiger partial charge in [0.15, 0.2) is 16.6 Å². The molecule has 0 saturated carbocycles. The van der Waals surface area contributed by atoms with Gasteiger partial charge in [-0.15, -0.1) is 0 Å². The van der Waals surface area contributed by atoms with E-state index in [0.717, 1.165) is 22.5 Å². The number of ketones is 1. The second kappa shape index (κ2) is 13.3. The number of benzene rings is 3. The van der Waals surface area contributed by atoms with Gasteiger partial charge < -0.3 is 24.1 Å². The third-order valence-electron chi connectivity index (χ3n) is 7.89. The Kier molecular flexibility index (Phi) is 8.99. The number of Topliss-reactive ketones (excluding diaryl/α,β-unsaturated/α-hetero) is 1. The lowest BCUT2D eigenvalue weighted by Gasteiger charge is -2.24. The SMILES string of the molecule is CCOC(=O)c1sc(N2C(=O)C(=O)C(=C(O)c3ccc4c(c3)C[C@H](C)O4)[C@H]2c2ccc(OCc3ccccc3)c(OCC)c2)nc1C. The molecule has 1 saturated heterocycles. The quantitative estimate of drug-likeness (QED) is 0.0877. The second-order valence-corrected chi connectivity index (χ2v) is 12.1. The third kappa shape index (κ3) is 6.18. The van der Waals surface area contributed by atoms with Crippen molar-refractivity contribution in [3.8, 4) is 17.2 Å². The number of thiazole rings is 1. The van der Waals surface area contributed by atoms with Gasteiger partial charge in [0.2, 0.25) is 0 Å². The summed E-state index contributed by atoms with van der Waals surface area (Å²) < 4.78 is 23.1. The number of hydrogen-bond acceptors (Lipinski definition) is 10. The summed E-state index contributed by atoms with van der Waals surface area (Å²) in [5.74, 6) is -1.10. The fraction of sp³-hybridized carbons (Fsp3) is 0.278. The van der Waals surface area contributed by atoms with Gasteiger partial charge in [0.1, 0.15) is 29.1 Å². The normalized spacial score (nSPS) is 18.2. The summed E-state index contributed by atoms with van der Waals surface area (Å²) in [6.07, 6.45) is 0.625. The summed E-state index contributed by atoms with van der Waals surface area (Å²) in [7, 11) is 0. The second-order valence-electron chi connectivity index (χ2n) is 11.2. The van der Waals surface area contributed by atoms with Gasteiger partial charge in [0.25, 0.3) is 5.78 Å². The number of esters is 1. The molecular weight excluding hydrogens is 620 g/mol. The molecule has 0 radical (unpaired) electrons. The molecule has 1 N–H and O–H groups in total. The maximum atomic E-state index is 13.8. The van der Waals surface area contributed by atoms with E-state index in [-0.39, 0.29) is 34.1 Å². The van der Waals surface area contributed by atoms with Crippen LogP contribution in [0.1, 0.15) is 64.4 Å². The summed E-state index contributed by atoms with van der Waals surface area (Å²) in [6, 6.07) is 18.9. The first kappa shape index (κ1) is 31.8. The maximum Gasteiger partial charge on any atom is 0.350 e. The van der Waals surface area contributed by atoms with Crippen molar-refractivity contribution in [2.45, 2.75) is 52.9 Å². The highest BCUT2D eigenvalue weighted by molar-refractivity contribution is 7.17. The van der Waals surface area contributed by atoms with Crippen LogP contribution in [0.15, 0.2) is 72.3 Å². The smallest absolute Gasteiger partial charge is 0.350 e. The first-order chi connectivity index (χ1) is 22.7. The van der Waals surface area contributed by atoms with Gasteiger partial charge >= 0.3 is 11.9 Å². The number of carbonyl (C=O) groups excluding carboxylic acids is 3. The van der Waals surface area contributed by atoms with Crippen LogP contribution in [-0.2, 0) is 27.4 Å². The van der Waals surface area contributed by atoms with E-state index < -0.39 is 23.7 Å². The highest BCUT2D eigenvalue weighted by atomic mass is 32.1. The van der Waals surface area contributed by atoms with Gasteiger partial charge in [0, 0.05) is 12.0 Å². The van der Waals surface area contributed by atoms with E-state index in [1.54, 1.807) is 50.2 Å². The highest BCUT2D eigenvalue weighted by Crippen LogP contribution is 2.46. The van der Waals surface area contributed by atoms with Crippen molar-refractivity contribution in [1.82, 2.24) is 4.98 Å². The lowest BCUT2D eigenvalue weighted by Crippen LogP contribution is -2.29. The Morgan fingerprint density at radius 2 is 1.81 bits per heavy atom. The molecule has 1 aromatic heterocycles. The summed E-state index contributed by atoms with van der Waals surface area (Å²) in [5, 5.41) is 11.9. The van der Waals surface area contributed by atoms with E-state index in [9.17, 15) is 19.5 Å². The monoisotopic (exact) mass is 654 g/mol. The number of rotatable bonds is 10. The number of fused-ring (bicyclic) bond motifs is 1. The van der Waals surface area contributed by atoms with Gasteiger partial charge in [-0.1, -0.05) is 47.7 Å². The van der Waals surface area contributed by atoms with Crippen molar-refractivity contribution in [2.24, 2.45) is 0 Å². The zero-order valence-electron chi connectivity index (χ0n) is 26.4. The Morgan fingerprint density at radius 3 is 2.55 bits per heavy atom. The molecular formula is C36H34N2O8S. The summed E-state index contributed by atoms with van der Waals surface area (Å²) in [4.78, 5) is 46.3. The van der Waals surface area contributed by atoms with E-state index >= 15 is 0 Å². The van der Waals surface area contributed by atoms with Gasteiger partial charge in [-0.05, 0) is 74.7 Å². The van der Waals surface area contributed by atoms with Crippen LogP contribution in [0.3, 0.4) is 0 Å². The number of hydrogen-bond donors (Lipinski definition) is 1. The van der Waals surface area contributed by atoms with E-state index in [1.807, 2.05) is 44.2 Å². The Balaban J connectivity index is 1.47. The molecule has 3 aromatic carbocycles. The van der Waals surface area contributed by atoms with Crippen molar-refractivity contribution in [3.05, 3.63) is 105 Å². The Bertz CT molecular complexity index is 1880. The van der Waals surface area contributed by atoms with Crippen LogP contribution in [0.25, 0.3) is 5.76 Å². The van der Waals surface area contributed by atoms with Crippen LogP contribution in [-0.4, -0.2) is 47.1 Å². The van der Waals surface area contributed by atoms with Crippen LogP contribution < -0.4 is 19.1 Å². The molecule has 1 amide bonds. The molecule has 0 bridgehead atoms. The fourth-order valence-corrected chi connectivity index (χ4v) is 6.75. The van der Waals surface area contributed by atoms with Gasteiger partial charge in [-0.3, -0.25) is 14.5 Å². The number of amides is 1. The molecule has 2 aliphatic heterocycles. The molecule has 11 heteroatoms. The minimum atomic E-state index is -1.10. The van der Waals surface area contributed by atoms with E-state index in [4.69, 9.17) is 18.9 Å². The zero-order chi connectivity index (χ0) is 33.2. The van der Waals surface area contributed by atoms with Gasteiger partial charge in [-0.2, -0.15) is 0 Å². The molecule has 10 nitrogen and oxygen atoms in total. The molecule has 0 spiro atoms. The third-order valence-corrected chi connectivity index (χ3v) is 9.02. The number of carbonyl (C=O) groups is 3. The van der Waals surface area contributed by atoms with Crippen molar-refractivity contribution in [3.63, 3.8) is 0 Å². The zero-order valence-corrected chi connectivity index (χ0v) is 27.3. The van der Waals surface area contributed by atoms with E-state index in [0.29, 0.717) is 53.7 Å². The number of nitrogens with zero attached hydrogens (tertiary/aromatic N) is 2. The van der Waals surface area contributed by atoms with Gasteiger partial charge in [0.05, 0.1) is 30.5 Å². The van der Waals surface area contributed by atoms with Crippen molar-refractivity contribution >= 4 is 39.9 Å². The molecule has 6 rings (SSSR count). The highest BCUT2D eigenvalue weighted by Gasteiger charge is 2.49. The average Bonchev–Trinajstić information content (AvgIpc) is 3.72. The summed E-state index contributed by atoms with van der Waals surface area (Å²) >= 11 is 0.949. The molecule has 47 heavy (non-hydrogen) atoms.